The minimum atomic E-state index is -0.0708. The van der Waals surface area contributed by atoms with Gasteiger partial charge in [-0.25, -0.2) is 0 Å². The van der Waals surface area contributed by atoms with Gasteiger partial charge in [-0.2, -0.15) is 0 Å². The zero-order valence-electron chi connectivity index (χ0n) is 17.6. The van der Waals surface area contributed by atoms with E-state index in [9.17, 15) is 4.79 Å². The van der Waals surface area contributed by atoms with Crippen LogP contribution < -0.4 is 10.2 Å². The van der Waals surface area contributed by atoms with Gasteiger partial charge in [0.2, 0.25) is 5.91 Å². The van der Waals surface area contributed by atoms with Crippen molar-refractivity contribution in [3.05, 3.63) is 52.5 Å². The van der Waals surface area contributed by atoms with Gasteiger partial charge in [0, 0.05) is 41.5 Å². The molecule has 0 aliphatic heterocycles. The van der Waals surface area contributed by atoms with Gasteiger partial charge in [-0.15, -0.1) is 10.2 Å². The van der Waals surface area contributed by atoms with E-state index < -0.39 is 0 Å². The van der Waals surface area contributed by atoms with Crippen LogP contribution >= 0.6 is 27.7 Å². The van der Waals surface area contributed by atoms with Gasteiger partial charge in [-0.1, -0.05) is 27.7 Å². The number of thioether (sulfide) groups is 1. The van der Waals surface area contributed by atoms with Crippen molar-refractivity contribution in [1.29, 1.82) is 0 Å². The second-order valence-corrected chi connectivity index (χ2v) is 8.74. The highest BCUT2D eigenvalue weighted by Crippen LogP contribution is 2.25. The summed E-state index contributed by atoms with van der Waals surface area (Å²) in [4.78, 5) is 14.7. The molecule has 30 heavy (non-hydrogen) atoms. The number of hydrogen-bond acceptors (Lipinski definition) is 5. The molecular weight excluding hydrogens is 462 g/mol. The number of anilines is 2. The predicted molar refractivity (Wildman–Crippen MR) is 128 cm³/mol. The van der Waals surface area contributed by atoms with Crippen LogP contribution in [-0.4, -0.2) is 39.5 Å². The maximum absolute atomic E-state index is 12.4. The molecule has 1 N–H and O–H groups in total. The lowest BCUT2D eigenvalue weighted by Gasteiger charge is -2.21. The van der Waals surface area contributed by atoms with Gasteiger partial charge < -0.3 is 14.8 Å². The Bertz CT molecular complexity index is 1010. The van der Waals surface area contributed by atoms with Gasteiger partial charge in [-0.05, 0) is 68.8 Å². The van der Waals surface area contributed by atoms with Crippen molar-refractivity contribution in [2.45, 2.75) is 25.9 Å². The molecule has 3 aromatic rings. The first kappa shape index (κ1) is 22.4. The zero-order chi connectivity index (χ0) is 21.7. The standard InChI is InChI=1S/C22H26BrN5OS/c1-5-28(6-2)18-10-7-16(8-11-18)21-25-26-22(27(21)4)30-14-20(29)24-19-12-9-17(23)13-15(19)3/h7-13H,5-6,14H2,1-4H3,(H,24,29). The second kappa shape index (κ2) is 10.1. The van der Waals surface area contributed by atoms with E-state index in [4.69, 9.17) is 0 Å². The van der Waals surface area contributed by atoms with E-state index in [0.29, 0.717) is 5.16 Å². The molecular formula is C22H26BrN5OS. The fourth-order valence-corrected chi connectivity index (χ4v) is 4.37. The summed E-state index contributed by atoms with van der Waals surface area (Å²) in [7, 11) is 1.92. The number of nitrogens with one attached hydrogen (secondary N) is 1. The molecule has 0 aliphatic carbocycles. The number of benzene rings is 2. The van der Waals surface area contributed by atoms with Crippen molar-refractivity contribution < 1.29 is 4.79 Å². The SMILES string of the molecule is CCN(CC)c1ccc(-c2nnc(SCC(=O)Nc3ccc(Br)cc3C)n2C)cc1. The van der Waals surface area contributed by atoms with Crippen LogP contribution in [0, 0.1) is 6.92 Å². The van der Waals surface area contributed by atoms with Crippen LogP contribution in [0.4, 0.5) is 11.4 Å². The van der Waals surface area contributed by atoms with E-state index in [-0.39, 0.29) is 11.7 Å². The maximum Gasteiger partial charge on any atom is 0.234 e. The lowest BCUT2D eigenvalue weighted by molar-refractivity contribution is -0.113. The quantitative estimate of drug-likeness (QED) is 0.446. The van der Waals surface area contributed by atoms with E-state index >= 15 is 0 Å². The number of rotatable bonds is 8. The van der Waals surface area contributed by atoms with Gasteiger partial charge in [0.15, 0.2) is 11.0 Å². The summed E-state index contributed by atoms with van der Waals surface area (Å²) in [5, 5.41) is 12.3. The smallest absolute Gasteiger partial charge is 0.234 e. The van der Waals surface area contributed by atoms with Crippen LogP contribution in [0.15, 0.2) is 52.1 Å². The van der Waals surface area contributed by atoms with Crippen molar-refractivity contribution in [2.24, 2.45) is 7.05 Å². The normalized spacial score (nSPS) is 10.8. The average molecular weight is 488 g/mol. The molecule has 0 spiro atoms. The van der Waals surface area contributed by atoms with E-state index in [1.165, 1.54) is 17.4 Å². The molecule has 0 saturated heterocycles. The molecule has 0 unspecified atom stereocenters. The van der Waals surface area contributed by atoms with Crippen LogP contribution in [0.3, 0.4) is 0 Å². The molecule has 2 aromatic carbocycles. The van der Waals surface area contributed by atoms with E-state index in [2.05, 4.69) is 74.5 Å². The van der Waals surface area contributed by atoms with Crippen molar-refractivity contribution in [3.8, 4) is 11.4 Å². The van der Waals surface area contributed by atoms with Crippen molar-refractivity contribution >= 4 is 45.0 Å². The van der Waals surface area contributed by atoms with Crippen LogP contribution in [0.2, 0.25) is 0 Å². The summed E-state index contributed by atoms with van der Waals surface area (Å²) in [6.07, 6.45) is 0. The second-order valence-electron chi connectivity index (χ2n) is 6.88. The number of nitrogens with zero attached hydrogens (tertiary/aromatic N) is 4. The topological polar surface area (TPSA) is 63.1 Å². The summed E-state index contributed by atoms with van der Waals surface area (Å²) in [6.45, 7) is 8.22. The highest BCUT2D eigenvalue weighted by Gasteiger charge is 2.14. The van der Waals surface area contributed by atoms with E-state index in [0.717, 1.165) is 40.2 Å². The van der Waals surface area contributed by atoms with Gasteiger partial charge in [-0.3, -0.25) is 4.79 Å². The fraction of sp³-hybridized carbons (Fsp3) is 0.318. The predicted octanol–water partition coefficient (Wildman–Crippen LogP) is 5.13. The molecule has 1 amide bonds. The fourth-order valence-electron chi connectivity index (χ4n) is 3.19. The Morgan fingerprint density at radius 2 is 1.83 bits per heavy atom. The van der Waals surface area contributed by atoms with Crippen LogP contribution in [0.25, 0.3) is 11.4 Å². The number of hydrogen-bond donors (Lipinski definition) is 1. The Kier molecular flexibility index (Phi) is 7.55. The first-order chi connectivity index (χ1) is 14.4. The Morgan fingerprint density at radius 1 is 1.13 bits per heavy atom. The molecule has 1 heterocycles. The number of halogens is 1. The summed E-state index contributed by atoms with van der Waals surface area (Å²) in [6, 6.07) is 14.1. The number of carbonyl (C=O) groups is 1. The zero-order valence-corrected chi connectivity index (χ0v) is 20.0. The van der Waals surface area contributed by atoms with Gasteiger partial charge in [0.1, 0.15) is 0 Å². The highest BCUT2D eigenvalue weighted by molar-refractivity contribution is 9.10. The minimum absolute atomic E-state index is 0.0708. The van der Waals surface area contributed by atoms with Gasteiger partial charge in [0.25, 0.3) is 0 Å². The molecule has 158 valence electrons. The molecule has 3 rings (SSSR count). The first-order valence-electron chi connectivity index (χ1n) is 9.86. The third-order valence-corrected chi connectivity index (χ3v) is 6.40. The van der Waals surface area contributed by atoms with Crippen molar-refractivity contribution in [1.82, 2.24) is 14.8 Å². The van der Waals surface area contributed by atoms with E-state index in [1.807, 2.05) is 36.7 Å². The molecule has 8 heteroatoms. The first-order valence-corrected chi connectivity index (χ1v) is 11.6. The summed E-state index contributed by atoms with van der Waals surface area (Å²) < 4.78 is 2.92. The Hall–Kier alpha value is -2.32. The van der Waals surface area contributed by atoms with Crippen LogP contribution in [0.5, 0.6) is 0 Å². The number of aryl methyl sites for hydroxylation is 1. The molecule has 0 radical (unpaired) electrons. The minimum Gasteiger partial charge on any atom is -0.372 e. The van der Waals surface area contributed by atoms with Crippen molar-refractivity contribution in [3.63, 3.8) is 0 Å². The molecule has 0 fully saturated rings. The van der Waals surface area contributed by atoms with Gasteiger partial charge in [0.05, 0.1) is 5.75 Å². The van der Waals surface area contributed by atoms with Gasteiger partial charge >= 0.3 is 0 Å². The average Bonchev–Trinajstić information content (AvgIpc) is 3.10. The Labute approximate surface area is 190 Å². The lowest BCUT2D eigenvalue weighted by atomic mass is 10.2. The summed E-state index contributed by atoms with van der Waals surface area (Å²) in [5.41, 5.74) is 4.02. The van der Waals surface area contributed by atoms with E-state index in [1.54, 1.807) is 0 Å². The molecule has 0 bridgehead atoms. The molecule has 0 aliphatic rings. The molecule has 6 nitrogen and oxygen atoms in total. The number of aromatic nitrogens is 3. The van der Waals surface area contributed by atoms with Crippen LogP contribution in [-0.2, 0) is 11.8 Å². The number of amides is 1. The van der Waals surface area contributed by atoms with Crippen LogP contribution in [0.1, 0.15) is 19.4 Å². The molecule has 0 atom stereocenters. The third kappa shape index (κ3) is 5.23. The molecule has 0 saturated carbocycles. The Morgan fingerprint density at radius 3 is 2.47 bits per heavy atom. The lowest BCUT2D eigenvalue weighted by Crippen LogP contribution is -2.21. The largest absolute Gasteiger partial charge is 0.372 e. The monoisotopic (exact) mass is 487 g/mol. The number of carbonyl (C=O) groups excluding carboxylic acids is 1. The highest BCUT2D eigenvalue weighted by atomic mass is 79.9. The summed E-state index contributed by atoms with van der Waals surface area (Å²) in [5.74, 6) is 0.980. The van der Waals surface area contributed by atoms with Crippen molar-refractivity contribution in [2.75, 3.05) is 29.1 Å². The summed E-state index contributed by atoms with van der Waals surface area (Å²) >= 11 is 4.81. The maximum atomic E-state index is 12.4. The third-order valence-electron chi connectivity index (χ3n) is 4.88. The Balaban J connectivity index is 1.64. The molecule has 1 aromatic heterocycles.